The molecule has 0 amide bonds. The average molecular weight is 379 g/mol. The molecule has 0 bridgehead atoms. The normalized spacial score (nSPS) is 10.5. The lowest BCUT2D eigenvalue weighted by Crippen LogP contribution is -2.15. The number of rotatable bonds is 6. The summed E-state index contributed by atoms with van der Waals surface area (Å²) in [7, 11) is 1.49. The van der Waals surface area contributed by atoms with E-state index in [4.69, 9.17) is 14.2 Å². The van der Waals surface area contributed by atoms with Crippen LogP contribution in [0.25, 0.3) is 10.9 Å². The fraction of sp³-hybridized carbons (Fsp3) is 0.227. The second kappa shape index (κ2) is 8.52. The van der Waals surface area contributed by atoms with Crippen LogP contribution in [-0.2, 0) is 16.1 Å². The summed E-state index contributed by atoms with van der Waals surface area (Å²) in [5.74, 6) is -0.623. The van der Waals surface area contributed by atoms with E-state index in [1.165, 1.54) is 7.11 Å². The van der Waals surface area contributed by atoms with Crippen LogP contribution in [0, 0.1) is 6.92 Å². The standard InChI is InChI=1S/C22H21NO5/c1-4-27-22(25)20-14(2)15-9-5-7-11-17(15)23-18(20)13-28-21(24)16-10-6-8-12-19(16)26-3/h5-12H,4,13H2,1-3H3. The number of aromatic nitrogens is 1. The van der Waals surface area contributed by atoms with Gasteiger partial charge in [-0.1, -0.05) is 30.3 Å². The molecule has 0 unspecified atom stereocenters. The Morgan fingerprint density at radius 1 is 0.964 bits per heavy atom. The molecule has 6 heteroatoms. The SMILES string of the molecule is CCOC(=O)c1c(COC(=O)c2ccccc2OC)nc2ccccc2c1C. The second-order valence-corrected chi connectivity index (χ2v) is 6.07. The highest BCUT2D eigenvalue weighted by molar-refractivity contribution is 5.98. The summed E-state index contributed by atoms with van der Waals surface area (Å²) in [5, 5.41) is 0.852. The van der Waals surface area contributed by atoms with Gasteiger partial charge in [0.25, 0.3) is 0 Å². The lowest BCUT2D eigenvalue weighted by atomic mass is 10.0. The molecule has 144 valence electrons. The molecule has 0 fully saturated rings. The van der Waals surface area contributed by atoms with Gasteiger partial charge in [0.1, 0.15) is 17.9 Å². The van der Waals surface area contributed by atoms with E-state index >= 15 is 0 Å². The summed E-state index contributed by atoms with van der Waals surface area (Å²) >= 11 is 0. The number of ether oxygens (including phenoxy) is 3. The molecule has 0 aliphatic rings. The van der Waals surface area contributed by atoms with Gasteiger partial charge in [0.15, 0.2) is 0 Å². The minimum absolute atomic E-state index is 0.156. The van der Waals surface area contributed by atoms with Crippen LogP contribution in [0.1, 0.15) is 38.9 Å². The number of hydrogen-bond donors (Lipinski definition) is 0. The third-order valence-electron chi connectivity index (χ3n) is 4.37. The number of pyridine rings is 1. The van der Waals surface area contributed by atoms with Crippen molar-refractivity contribution in [2.24, 2.45) is 0 Å². The lowest BCUT2D eigenvalue weighted by molar-refractivity contribution is 0.0441. The van der Waals surface area contributed by atoms with E-state index in [9.17, 15) is 9.59 Å². The van der Waals surface area contributed by atoms with Crippen LogP contribution in [0.2, 0.25) is 0 Å². The number of benzene rings is 2. The van der Waals surface area contributed by atoms with E-state index in [0.29, 0.717) is 22.6 Å². The van der Waals surface area contributed by atoms with Crippen molar-refractivity contribution >= 4 is 22.8 Å². The molecule has 1 aromatic heterocycles. The molecule has 28 heavy (non-hydrogen) atoms. The zero-order valence-electron chi connectivity index (χ0n) is 16.0. The lowest BCUT2D eigenvalue weighted by Gasteiger charge is -2.14. The maximum Gasteiger partial charge on any atom is 0.342 e. The molecule has 0 N–H and O–H groups in total. The Morgan fingerprint density at radius 2 is 1.68 bits per heavy atom. The van der Waals surface area contributed by atoms with Crippen LogP contribution in [0.4, 0.5) is 0 Å². The number of carbonyl (C=O) groups is 2. The Hall–Kier alpha value is -3.41. The number of para-hydroxylation sites is 2. The molecule has 0 saturated carbocycles. The van der Waals surface area contributed by atoms with Gasteiger partial charge < -0.3 is 14.2 Å². The van der Waals surface area contributed by atoms with Crippen LogP contribution < -0.4 is 4.74 Å². The fourth-order valence-corrected chi connectivity index (χ4v) is 3.04. The summed E-state index contributed by atoms with van der Waals surface area (Å²) in [6.45, 7) is 3.66. The second-order valence-electron chi connectivity index (χ2n) is 6.07. The van der Waals surface area contributed by atoms with Crippen molar-refractivity contribution in [2.45, 2.75) is 20.5 Å². The van der Waals surface area contributed by atoms with Crippen molar-refractivity contribution in [3.63, 3.8) is 0 Å². The number of fused-ring (bicyclic) bond motifs is 1. The van der Waals surface area contributed by atoms with E-state index in [1.54, 1.807) is 31.2 Å². The molecular formula is C22H21NO5. The number of methoxy groups -OCH3 is 1. The Bertz CT molecular complexity index is 1030. The van der Waals surface area contributed by atoms with Crippen molar-refractivity contribution in [1.29, 1.82) is 0 Å². The Kier molecular flexibility index (Phi) is 5.89. The minimum Gasteiger partial charge on any atom is -0.496 e. The highest BCUT2D eigenvalue weighted by Crippen LogP contribution is 2.25. The molecular weight excluding hydrogens is 358 g/mol. The zero-order valence-corrected chi connectivity index (χ0v) is 16.0. The maximum absolute atomic E-state index is 12.5. The molecule has 1 heterocycles. The van der Waals surface area contributed by atoms with Gasteiger partial charge in [-0.3, -0.25) is 0 Å². The van der Waals surface area contributed by atoms with Crippen molar-refractivity contribution < 1.29 is 23.8 Å². The molecule has 3 rings (SSSR count). The number of carbonyl (C=O) groups excluding carboxylic acids is 2. The van der Waals surface area contributed by atoms with Crippen molar-refractivity contribution in [1.82, 2.24) is 4.98 Å². The van der Waals surface area contributed by atoms with Gasteiger partial charge in [-0.2, -0.15) is 0 Å². The summed E-state index contributed by atoms with van der Waals surface area (Å²) < 4.78 is 15.8. The quantitative estimate of drug-likeness (QED) is 0.601. The van der Waals surface area contributed by atoms with Crippen LogP contribution in [0.5, 0.6) is 5.75 Å². The van der Waals surface area contributed by atoms with Gasteiger partial charge in [0.05, 0.1) is 30.5 Å². The third-order valence-corrected chi connectivity index (χ3v) is 4.37. The van der Waals surface area contributed by atoms with Crippen LogP contribution in [-0.4, -0.2) is 30.6 Å². The number of aryl methyl sites for hydroxylation is 1. The highest BCUT2D eigenvalue weighted by atomic mass is 16.5. The summed E-state index contributed by atoms with van der Waals surface area (Å²) in [4.78, 5) is 29.6. The molecule has 0 saturated heterocycles. The topological polar surface area (TPSA) is 74.7 Å². The Balaban J connectivity index is 1.96. The molecule has 2 aromatic carbocycles. The van der Waals surface area contributed by atoms with E-state index in [0.717, 1.165) is 16.5 Å². The zero-order chi connectivity index (χ0) is 20.1. The van der Waals surface area contributed by atoms with Crippen molar-refractivity contribution in [2.75, 3.05) is 13.7 Å². The molecule has 3 aromatic rings. The Morgan fingerprint density at radius 3 is 2.43 bits per heavy atom. The molecule has 0 atom stereocenters. The first-order valence-corrected chi connectivity index (χ1v) is 8.92. The third kappa shape index (κ3) is 3.81. The van der Waals surface area contributed by atoms with Gasteiger partial charge >= 0.3 is 11.9 Å². The van der Waals surface area contributed by atoms with Gasteiger partial charge in [-0.25, -0.2) is 14.6 Å². The molecule has 0 spiro atoms. The summed E-state index contributed by atoms with van der Waals surface area (Å²) in [6.07, 6.45) is 0. The van der Waals surface area contributed by atoms with E-state index in [-0.39, 0.29) is 13.2 Å². The molecule has 0 aliphatic heterocycles. The highest BCUT2D eigenvalue weighted by Gasteiger charge is 2.22. The van der Waals surface area contributed by atoms with Gasteiger partial charge in [0.2, 0.25) is 0 Å². The Labute approximate surface area is 163 Å². The van der Waals surface area contributed by atoms with E-state index in [2.05, 4.69) is 4.98 Å². The van der Waals surface area contributed by atoms with Crippen LogP contribution >= 0.6 is 0 Å². The van der Waals surface area contributed by atoms with Gasteiger partial charge in [0, 0.05) is 5.39 Å². The first kappa shape index (κ1) is 19.4. The first-order chi connectivity index (χ1) is 13.6. The van der Waals surface area contributed by atoms with E-state index < -0.39 is 11.9 Å². The summed E-state index contributed by atoms with van der Waals surface area (Å²) in [6, 6.07) is 14.3. The maximum atomic E-state index is 12.5. The number of esters is 2. The number of nitrogens with zero attached hydrogens (tertiary/aromatic N) is 1. The minimum atomic E-state index is -0.556. The van der Waals surface area contributed by atoms with Crippen LogP contribution in [0.15, 0.2) is 48.5 Å². The average Bonchev–Trinajstić information content (AvgIpc) is 2.72. The van der Waals surface area contributed by atoms with Gasteiger partial charge in [-0.05, 0) is 37.6 Å². The molecule has 6 nitrogen and oxygen atoms in total. The smallest absolute Gasteiger partial charge is 0.342 e. The fourth-order valence-electron chi connectivity index (χ4n) is 3.04. The monoisotopic (exact) mass is 379 g/mol. The van der Waals surface area contributed by atoms with Gasteiger partial charge in [-0.15, -0.1) is 0 Å². The van der Waals surface area contributed by atoms with Crippen molar-refractivity contribution in [3.8, 4) is 5.75 Å². The molecule has 0 radical (unpaired) electrons. The molecule has 0 aliphatic carbocycles. The predicted octanol–water partition coefficient (Wildman–Crippen LogP) is 4.09. The van der Waals surface area contributed by atoms with Crippen molar-refractivity contribution in [3.05, 3.63) is 70.9 Å². The first-order valence-electron chi connectivity index (χ1n) is 8.92. The van der Waals surface area contributed by atoms with E-state index in [1.807, 2.05) is 31.2 Å². The largest absolute Gasteiger partial charge is 0.496 e. The van der Waals surface area contributed by atoms with Crippen LogP contribution in [0.3, 0.4) is 0 Å². The summed E-state index contributed by atoms with van der Waals surface area (Å²) in [5.41, 5.74) is 2.45. The predicted molar refractivity (Wildman–Crippen MR) is 105 cm³/mol. The number of hydrogen-bond acceptors (Lipinski definition) is 6.